The molecule has 2 unspecified atom stereocenters. The summed E-state index contributed by atoms with van der Waals surface area (Å²) in [5.41, 5.74) is 10.4. The van der Waals surface area contributed by atoms with Crippen LogP contribution in [0.4, 0.5) is 0 Å². The minimum atomic E-state index is -1.11. The number of likely N-dealkylation sites (tertiary alicyclic amines) is 1. The fourth-order valence-electron chi connectivity index (χ4n) is 6.09. The maximum absolute atomic E-state index is 14.1. The largest absolute Gasteiger partial charge is 0.388 e. The monoisotopic (exact) mass is 557 g/mol. The highest BCUT2D eigenvalue weighted by atomic mass is 16.2. The van der Waals surface area contributed by atoms with E-state index in [1.807, 2.05) is 31.3 Å². The van der Waals surface area contributed by atoms with Crippen molar-refractivity contribution in [3.63, 3.8) is 0 Å². The van der Waals surface area contributed by atoms with Crippen LogP contribution in [0.1, 0.15) is 57.4 Å². The Morgan fingerprint density at radius 3 is 2.29 bits per heavy atom. The highest BCUT2D eigenvalue weighted by Crippen LogP contribution is 2.43. The minimum Gasteiger partial charge on any atom is -0.388 e. The molecule has 5 N–H and O–H groups in total. The minimum absolute atomic E-state index is 0.0815. The van der Waals surface area contributed by atoms with Crippen molar-refractivity contribution in [3.05, 3.63) is 76.4 Å². The highest BCUT2D eigenvalue weighted by molar-refractivity contribution is 5.96. The molecule has 0 radical (unpaired) electrons. The van der Waals surface area contributed by atoms with Gasteiger partial charge in [-0.3, -0.25) is 19.8 Å². The molecule has 1 aliphatic carbocycles. The van der Waals surface area contributed by atoms with E-state index in [2.05, 4.69) is 45.5 Å². The van der Waals surface area contributed by atoms with E-state index in [-0.39, 0.29) is 30.3 Å². The van der Waals surface area contributed by atoms with Crippen LogP contribution in [0.25, 0.3) is 5.70 Å². The average Bonchev–Trinajstić information content (AvgIpc) is 3.43. The Morgan fingerprint density at radius 1 is 1.02 bits per heavy atom. The molecule has 10 heteroatoms. The van der Waals surface area contributed by atoms with Crippen molar-refractivity contribution < 1.29 is 14.4 Å². The molecule has 2 aromatic rings. The van der Waals surface area contributed by atoms with Gasteiger partial charge < -0.3 is 20.9 Å². The Hall–Kier alpha value is -4.20. The van der Waals surface area contributed by atoms with Crippen LogP contribution in [-0.4, -0.2) is 69.4 Å². The maximum Gasteiger partial charge on any atom is 0.251 e. The zero-order chi connectivity index (χ0) is 29.6. The quantitative estimate of drug-likeness (QED) is 0.220. The Kier molecular flexibility index (Phi) is 9.42. The predicted molar refractivity (Wildman–Crippen MR) is 158 cm³/mol. The summed E-state index contributed by atoms with van der Waals surface area (Å²) in [6.07, 6.45) is 3.21. The topological polar surface area (TPSA) is 138 Å². The lowest BCUT2D eigenvalue weighted by Gasteiger charge is -2.35. The van der Waals surface area contributed by atoms with Crippen molar-refractivity contribution in [1.29, 1.82) is 5.26 Å². The summed E-state index contributed by atoms with van der Waals surface area (Å²) >= 11 is 0. The van der Waals surface area contributed by atoms with Gasteiger partial charge in [-0.05, 0) is 84.7 Å². The van der Waals surface area contributed by atoms with Gasteiger partial charge in [-0.15, -0.1) is 0 Å². The fourth-order valence-corrected chi connectivity index (χ4v) is 6.09. The van der Waals surface area contributed by atoms with Crippen LogP contribution in [0.15, 0.2) is 43.0 Å². The zero-order valence-corrected chi connectivity index (χ0v) is 24.0. The summed E-state index contributed by atoms with van der Waals surface area (Å²) in [5.74, 6) is -0.533. The number of nitrogens with one attached hydrogen (secondary N) is 5. The SMILES string of the molecule is C=C(NC)c1ccc2c(c1)CCc1cc(C(=O)NC)ccc1C2(CCNCC(=O)N1CCCC1C#N)C(=O)NNC. The van der Waals surface area contributed by atoms with E-state index in [4.69, 9.17) is 0 Å². The summed E-state index contributed by atoms with van der Waals surface area (Å²) in [5, 5.41) is 18.4. The molecule has 1 fully saturated rings. The lowest BCUT2D eigenvalue weighted by Crippen LogP contribution is -2.51. The summed E-state index contributed by atoms with van der Waals surface area (Å²) < 4.78 is 0. The molecule has 0 saturated carbocycles. The Morgan fingerprint density at radius 2 is 1.68 bits per heavy atom. The van der Waals surface area contributed by atoms with Crippen LogP contribution < -0.4 is 26.8 Å². The second-order valence-electron chi connectivity index (χ2n) is 10.5. The Balaban J connectivity index is 1.75. The molecule has 1 heterocycles. The van der Waals surface area contributed by atoms with E-state index in [0.29, 0.717) is 44.3 Å². The average molecular weight is 558 g/mol. The second-order valence-corrected chi connectivity index (χ2v) is 10.5. The molecule has 4 rings (SSSR count). The van der Waals surface area contributed by atoms with Crippen LogP contribution in [0.5, 0.6) is 0 Å². The molecule has 2 atom stereocenters. The Bertz CT molecular complexity index is 1310. The normalized spacial score (nSPS) is 19.3. The van der Waals surface area contributed by atoms with Crippen LogP contribution >= 0.6 is 0 Å². The van der Waals surface area contributed by atoms with Gasteiger partial charge in [0.25, 0.3) is 5.91 Å². The van der Waals surface area contributed by atoms with E-state index in [0.717, 1.165) is 39.9 Å². The van der Waals surface area contributed by atoms with Crippen LogP contribution in [0, 0.1) is 11.3 Å². The maximum atomic E-state index is 14.1. The molecule has 41 heavy (non-hydrogen) atoms. The summed E-state index contributed by atoms with van der Waals surface area (Å²) in [4.78, 5) is 41.1. The zero-order valence-electron chi connectivity index (χ0n) is 24.0. The summed E-state index contributed by atoms with van der Waals surface area (Å²) in [6.45, 7) is 5.14. The molecule has 2 aromatic carbocycles. The third-order valence-corrected chi connectivity index (χ3v) is 8.23. The number of benzene rings is 2. The van der Waals surface area contributed by atoms with Gasteiger partial charge in [-0.2, -0.15) is 5.26 Å². The molecule has 0 spiro atoms. The van der Waals surface area contributed by atoms with E-state index in [1.54, 1.807) is 25.1 Å². The van der Waals surface area contributed by atoms with Crippen molar-refractivity contribution in [2.24, 2.45) is 0 Å². The number of amides is 3. The number of aryl methyl sites for hydroxylation is 2. The standard InChI is InChI=1S/C31H39N7O3/c1-20(33-2)21-9-11-26-22(16-21)7-8-23-17-24(29(40)34-3)10-12-27(23)31(26,30(41)37-35-4)13-14-36-19-28(39)38-15-5-6-25(38)18-32/h9-12,16-17,25,33,35-36H,1,5-8,13-15,19H2,2-4H3,(H,34,40)(H,37,41). The lowest BCUT2D eigenvalue weighted by molar-refractivity contribution is -0.130. The van der Waals surface area contributed by atoms with Crippen molar-refractivity contribution in [1.82, 2.24) is 31.7 Å². The number of carbonyl (C=O) groups is 3. The lowest BCUT2D eigenvalue weighted by atomic mass is 9.69. The third kappa shape index (κ3) is 5.82. The molecular weight excluding hydrogens is 518 g/mol. The van der Waals surface area contributed by atoms with Crippen molar-refractivity contribution in [3.8, 4) is 6.07 Å². The van der Waals surface area contributed by atoms with Gasteiger partial charge in [-0.25, -0.2) is 5.43 Å². The third-order valence-electron chi connectivity index (χ3n) is 8.23. The fraction of sp³-hybridized carbons (Fsp3) is 0.419. The summed E-state index contributed by atoms with van der Waals surface area (Å²) in [7, 11) is 5.07. The first kappa shape index (κ1) is 29.8. The van der Waals surface area contributed by atoms with Gasteiger partial charge in [0.2, 0.25) is 11.8 Å². The molecule has 1 saturated heterocycles. The van der Waals surface area contributed by atoms with Gasteiger partial charge in [0, 0.05) is 38.9 Å². The number of fused-ring (bicyclic) bond motifs is 2. The van der Waals surface area contributed by atoms with Gasteiger partial charge in [0.15, 0.2) is 0 Å². The molecule has 0 bridgehead atoms. The number of nitrogens with zero attached hydrogens (tertiary/aromatic N) is 2. The van der Waals surface area contributed by atoms with E-state index < -0.39 is 5.41 Å². The van der Waals surface area contributed by atoms with E-state index in [9.17, 15) is 19.6 Å². The number of carbonyl (C=O) groups excluding carboxylic acids is 3. The first-order valence-electron chi connectivity index (χ1n) is 14.0. The second kappa shape index (κ2) is 13.0. The molecular formula is C31H39N7O3. The highest BCUT2D eigenvalue weighted by Gasteiger charge is 2.45. The van der Waals surface area contributed by atoms with Crippen molar-refractivity contribution >= 4 is 23.4 Å². The van der Waals surface area contributed by atoms with E-state index in [1.165, 1.54) is 0 Å². The van der Waals surface area contributed by atoms with Crippen LogP contribution in [0.2, 0.25) is 0 Å². The van der Waals surface area contributed by atoms with Gasteiger partial charge in [-0.1, -0.05) is 24.8 Å². The molecule has 3 amide bonds. The molecule has 1 aliphatic heterocycles. The first-order valence-corrected chi connectivity index (χ1v) is 14.0. The van der Waals surface area contributed by atoms with Gasteiger partial charge in [0.05, 0.1) is 12.6 Å². The number of hydrogen-bond acceptors (Lipinski definition) is 7. The Labute approximate surface area is 241 Å². The molecule has 10 nitrogen and oxygen atoms in total. The molecule has 0 aromatic heterocycles. The number of hydrogen-bond donors (Lipinski definition) is 5. The van der Waals surface area contributed by atoms with Gasteiger partial charge >= 0.3 is 0 Å². The predicted octanol–water partition coefficient (Wildman–Crippen LogP) is 1.37. The van der Waals surface area contributed by atoms with Crippen LogP contribution in [0.3, 0.4) is 0 Å². The van der Waals surface area contributed by atoms with Crippen molar-refractivity contribution in [2.75, 3.05) is 40.8 Å². The number of hydrazine groups is 1. The molecule has 2 aliphatic rings. The smallest absolute Gasteiger partial charge is 0.251 e. The number of nitriles is 1. The first-order chi connectivity index (χ1) is 19.8. The van der Waals surface area contributed by atoms with Crippen molar-refractivity contribution in [2.45, 2.75) is 43.6 Å². The van der Waals surface area contributed by atoms with Gasteiger partial charge in [0.1, 0.15) is 11.5 Å². The number of rotatable bonds is 10. The van der Waals surface area contributed by atoms with Crippen LogP contribution in [-0.2, 0) is 27.8 Å². The van der Waals surface area contributed by atoms with E-state index >= 15 is 0 Å². The summed E-state index contributed by atoms with van der Waals surface area (Å²) in [6, 6.07) is 13.4. The molecule has 216 valence electrons.